The van der Waals surface area contributed by atoms with E-state index in [1.165, 1.54) is 22.7 Å². The maximum absolute atomic E-state index is 11.7. The molecule has 0 atom stereocenters. The Bertz CT molecular complexity index is 481. The van der Waals surface area contributed by atoms with Crippen LogP contribution in [0.25, 0.3) is 0 Å². The summed E-state index contributed by atoms with van der Waals surface area (Å²) in [6.45, 7) is 0.605. The predicted molar refractivity (Wildman–Crippen MR) is 67.8 cm³/mol. The van der Waals surface area contributed by atoms with E-state index < -0.39 is 0 Å². The minimum Gasteiger partial charge on any atom is -0.384 e. The fraction of sp³-hybridized carbons (Fsp3) is 0.300. The molecule has 90 valence electrons. The molecular weight excluding hydrogens is 258 g/mol. The summed E-state index contributed by atoms with van der Waals surface area (Å²) in [4.78, 5) is 12.4. The minimum absolute atomic E-state index is 0.144. The molecule has 0 saturated heterocycles. The summed E-state index contributed by atoms with van der Waals surface area (Å²) in [7, 11) is 1.64. The summed E-state index contributed by atoms with van der Waals surface area (Å²) >= 11 is 2.76. The Labute approximate surface area is 106 Å². The molecule has 2 rings (SSSR count). The molecule has 0 spiro atoms. The predicted octanol–water partition coefficient (Wildman–Crippen LogP) is 2.04. The number of nitrogens with zero attached hydrogens (tertiary/aromatic N) is 2. The normalized spacial score (nSPS) is 10.4. The zero-order chi connectivity index (χ0) is 12.1. The minimum atomic E-state index is -0.144. The van der Waals surface area contributed by atoms with Crippen LogP contribution in [-0.4, -0.2) is 29.8 Å². The van der Waals surface area contributed by atoms with Gasteiger partial charge in [0.2, 0.25) is 5.13 Å². The zero-order valence-electron chi connectivity index (χ0n) is 9.17. The van der Waals surface area contributed by atoms with Gasteiger partial charge in [-0.2, -0.15) is 0 Å². The summed E-state index contributed by atoms with van der Waals surface area (Å²) in [6, 6.07) is 3.61. The Morgan fingerprint density at radius 3 is 3.12 bits per heavy atom. The Balaban J connectivity index is 1.95. The average molecular weight is 269 g/mol. The highest BCUT2D eigenvalue weighted by atomic mass is 32.1. The van der Waals surface area contributed by atoms with Gasteiger partial charge in [-0.3, -0.25) is 10.1 Å². The number of methoxy groups -OCH3 is 1. The largest absolute Gasteiger partial charge is 0.384 e. The lowest BCUT2D eigenvalue weighted by molar-refractivity contribution is 0.103. The highest BCUT2D eigenvalue weighted by Gasteiger charge is 2.10. The Kier molecular flexibility index (Phi) is 4.18. The maximum atomic E-state index is 11.7. The second kappa shape index (κ2) is 5.85. The summed E-state index contributed by atoms with van der Waals surface area (Å²) < 4.78 is 4.95. The van der Waals surface area contributed by atoms with Gasteiger partial charge >= 0.3 is 0 Å². The van der Waals surface area contributed by atoms with E-state index in [1.807, 2.05) is 11.4 Å². The van der Waals surface area contributed by atoms with Crippen LogP contribution in [0.1, 0.15) is 14.7 Å². The molecule has 0 bridgehead atoms. The Morgan fingerprint density at radius 1 is 1.53 bits per heavy atom. The number of carbonyl (C=O) groups excluding carboxylic acids is 1. The molecule has 17 heavy (non-hydrogen) atoms. The zero-order valence-corrected chi connectivity index (χ0v) is 10.8. The second-order valence-electron chi connectivity index (χ2n) is 3.18. The van der Waals surface area contributed by atoms with Crippen molar-refractivity contribution in [2.45, 2.75) is 6.42 Å². The SMILES string of the molecule is COCCc1nnc(NC(=O)c2cccs2)s1. The number of rotatable bonds is 5. The van der Waals surface area contributed by atoms with Gasteiger partial charge in [0, 0.05) is 13.5 Å². The average Bonchev–Trinajstić information content (AvgIpc) is 2.97. The molecule has 0 aliphatic heterocycles. The van der Waals surface area contributed by atoms with Crippen molar-refractivity contribution >= 4 is 33.7 Å². The summed E-state index contributed by atoms with van der Waals surface area (Å²) in [5, 5.41) is 13.8. The quantitative estimate of drug-likeness (QED) is 0.902. The fourth-order valence-corrected chi connectivity index (χ4v) is 2.50. The van der Waals surface area contributed by atoms with Crippen molar-refractivity contribution in [3.63, 3.8) is 0 Å². The third kappa shape index (κ3) is 3.32. The number of carbonyl (C=O) groups is 1. The van der Waals surface area contributed by atoms with Crippen LogP contribution in [-0.2, 0) is 11.2 Å². The first-order valence-electron chi connectivity index (χ1n) is 4.96. The van der Waals surface area contributed by atoms with E-state index in [4.69, 9.17) is 4.74 Å². The first-order valence-corrected chi connectivity index (χ1v) is 6.65. The number of hydrogen-bond donors (Lipinski definition) is 1. The third-order valence-electron chi connectivity index (χ3n) is 1.95. The van der Waals surface area contributed by atoms with E-state index in [0.29, 0.717) is 23.0 Å². The molecule has 0 radical (unpaired) electrons. The van der Waals surface area contributed by atoms with Crippen LogP contribution in [0.4, 0.5) is 5.13 Å². The van der Waals surface area contributed by atoms with Crippen LogP contribution >= 0.6 is 22.7 Å². The van der Waals surface area contributed by atoms with E-state index in [0.717, 1.165) is 5.01 Å². The molecule has 0 aliphatic carbocycles. The number of nitrogens with one attached hydrogen (secondary N) is 1. The van der Waals surface area contributed by atoms with Gasteiger partial charge in [-0.1, -0.05) is 17.4 Å². The van der Waals surface area contributed by atoms with Gasteiger partial charge in [-0.25, -0.2) is 0 Å². The maximum Gasteiger partial charge on any atom is 0.267 e. The lowest BCUT2D eigenvalue weighted by Crippen LogP contribution is -2.09. The second-order valence-corrected chi connectivity index (χ2v) is 5.18. The molecule has 0 aliphatic rings. The van der Waals surface area contributed by atoms with Gasteiger partial charge in [0.05, 0.1) is 11.5 Å². The topological polar surface area (TPSA) is 64.1 Å². The van der Waals surface area contributed by atoms with Crippen molar-refractivity contribution in [3.05, 3.63) is 27.4 Å². The van der Waals surface area contributed by atoms with E-state index >= 15 is 0 Å². The molecule has 2 aromatic heterocycles. The van der Waals surface area contributed by atoms with E-state index in [9.17, 15) is 4.79 Å². The number of amides is 1. The van der Waals surface area contributed by atoms with Crippen LogP contribution in [0.5, 0.6) is 0 Å². The van der Waals surface area contributed by atoms with Crippen molar-refractivity contribution in [1.82, 2.24) is 10.2 Å². The summed E-state index contributed by atoms with van der Waals surface area (Å²) in [6.07, 6.45) is 0.711. The van der Waals surface area contributed by atoms with Crippen molar-refractivity contribution in [1.29, 1.82) is 0 Å². The lowest BCUT2D eigenvalue weighted by Gasteiger charge is -1.96. The lowest BCUT2D eigenvalue weighted by atomic mass is 10.4. The first-order chi connectivity index (χ1) is 8.29. The molecule has 0 aromatic carbocycles. The molecule has 1 N–H and O–H groups in total. The van der Waals surface area contributed by atoms with Crippen molar-refractivity contribution in [2.24, 2.45) is 0 Å². The highest BCUT2D eigenvalue weighted by molar-refractivity contribution is 7.15. The Hall–Kier alpha value is -1.31. The number of anilines is 1. The van der Waals surface area contributed by atoms with Crippen LogP contribution in [0, 0.1) is 0 Å². The van der Waals surface area contributed by atoms with E-state index in [-0.39, 0.29) is 5.91 Å². The smallest absolute Gasteiger partial charge is 0.267 e. The number of thiophene rings is 1. The monoisotopic (exact) mass is 269 g/mol. The summed E-state index contributed by atoms with van der Waals surface area (Å²) in [5.41, 5.74) is 0. The molecule has 0 saturated carbocycles. The molecular formula is C10H11N3O2S2. The molecule has 0 unspecified atom stereocenters. The van der Waals surface area contributed by atoms with Gasteiger partial charge in [0.25, 0.3) is 5.91 Å². The number of hydrogen-bond acceptors (Lipinski definition) is 6. The van der Waals surface area contributed by atoms with E-state index in [1.54, 1.807) is 13.2 Å². The highest BCUT2D eigenvalue weighted by Crippen LogP contribution is 2.18. The van der Waals surface area contributed by atoms with Crippen LogP contribution in [0.3, 0.4) is 0 Å². The van der Waals surface area contributed by atoms with Gasteiger partial charge < -0.3 is 4.74 Å². The number of ether oxygens (including phenoxy) is 1. The molecule has 5 nitrogen and oxygen atoms in total. The molecule has 0 fully saturated rings. The van der Waals surface area contributed by atoms with Crippen molar-refractivity contribution in [2.75, 3.05) is 19.0 Å². The molecule has 2 heterocycles. The van der Waals surface area contributed by atoms with Gasteiger partial charge in [0.1, 0.15) is 5.01 Å². The molecule has 7 heteroatoms. The summed E-state index contributed by atoms with van der Waals surface area (Å²) in [5.74, 6) is -0.144. The van der Waals surface area contributed by atoms with Crippen LogP contribution in [0.2, 0.25) is 0 Å². The molecule has 1 amide bonds. The van der Waals surface area contributed by atoms with Gasteiger partial charge in [-0.05, 0) is 11.4 Å². The van der Waals surface area contributed by atoms with Gasteiger partial charge in [0.15, 0.2) is 0 Å². The van der Waals surface area contributed by atoms with Crippen LogP contribution < -0.4 is 5.32 Å². The standard InChI is InChI=1S/C10H11N3O2S2/c1-15-5-4-8-12-13-10(17-8)11-9(14)7-3-2-6-16-7/h2-3,6H,4-5H2,1H3,(H,11,13,14). The van der Waals surface area contributed by atoms with Crippen LogP contribution in [0.15, 0.2) is 17.5 Å². The Morgan fingerprint density at radius 2 is 2.41 bits per heavy atom. The van der Waals surface area contributed by atoms with Gasteiger partial charge in [-0.15, -0.1) is 21.5 Å². The van der Waals surface area contributed by atoms with Crippen molar-refractivity contribution in [3.8, 4) is 0 Å². The van der Waals surface area contributed by atoms with Crippen molar-refractivity contribution < 1.29 is 9.53 Å². The number of aromatic nitrogens is 2. The third-order valence-corrected chi connectivity index (χ3v) is 3.72. The van der Waals surface area contributed by atoms with E-state index in [2.05, 4.69) is 15.5 Å². The molecule has 2 aromatic rings. The fourth-order valence-electron chi connectivity index (χ4n) is 1.16. The first kappa shape index (κ1) is 12.2.